The molecular formula is C9H13N5O3. The second-order valence-electron chi connectivity index (χ2n) is 3.79. The molecular weight excluding hydrogens is 226 g/mol. The van der Waals surface area contributed by atoms with Crippen LogP contribution in [0.2, 0.25) is 0 Å². The molecule has 1 aromatic heterocycles. The topological polar surface area (TPSA) is 103 Å². The number of hydrogen-bond acceptors (Lipinski definition) is 6. The number of carbonyl (C=O) groups is 2. The van der Waals surface area contributed by atoms with Crippen LogP contribution in [0.3, 0.4) is 0 Å². The van der Waals surface area contributed by atoms with Gasteiger partial charge < -0.3 is 10.5 Å². The molecule has 0 aromatic carbocycles. The molecule has 17 heavy (non-hydrogen) atoms. The van der Waals surface area contributed by atoms with Crippen molar-refractivity contribution >= 4 is 12.0 Å². The Morgan fingerprint density at radius 3 is 3.00 bits per heavy atom. The highest BCUT2D eigenvalue weighted by Crippen LogP contribution is 2.06. The first-order valence-electron chi connectivity index (χ1n) is 5.20. The fraction of sp³-hybridized carbons (Fsp3) is 0.556. The summed E-state index contributed by atoms with van der Waals surface area (Å²) in [5.74, 6) is -0.367. The van der Waals surface area contributed by atoms with E-state index < -0.39 is 6.09 Å². The first kappa shape index (κ1) is 11.5. The second-order valence-corrected chi connectivity index (χ2v) is 3.79. The van der Waals surface area contributed by atoms with Crippen LogP contribution in [0.5, 0.6) is 0 Å². The van der Waals surface area contributed by atoms with Crippen LogP contribution in [0.1, 0.15) is 18.7 Å². The molecule has 0 saturated carbocycles. The summed E-state index contributed by atoms with van der Waals surface area (Å²) in [6, 6.07) is -0.240. The number of carbonyl (C=O) groups excluding carboxylic acids is 2. The number of aromatic nitrogens is 3. The molecule has 0 spiro atoms. The predicted octanol–water partition coefficient (Wildman–Crippen LogP) is -0.723. The molecule has 2 heterocycles. The molecule has 1 aliphatic heterocycles. The van der Waals surface area contributed by atoms with Crippen molar-refractivity contribution in [2.75, 3.05) is 13.2 Å². The largest absolute Gasteiger partial charge is 0.447 e. The highest BCUT2D eigenvalue weighted by atomic mass is 16.6. The zero-order chi connectivity index (χ0) is 12.4. The average Bonchev–Trinajstić information content (AvgIpc) is 2.86. The molecule has 1 aromatic rings. The van der Waals surface area contributed by atoms with Crippen molar-refractivity contribution in [1.82, 2.24) is 19.9 Å². The molecule has 1 aliphatic rings. The van der Waals surface area contributed by atoms with E-state index in [-0.39, 0.29) is 31.6 Å². The van der Waals surface area contributed by atoms with E-state index in [0.717, 1.165) is 4.90 Å². The van der Waals surface area contributed by atoms with Crippen LogP contribution in [0.15, 0.2) is 6.20 Å². The number of amides is 2. The van der Waals surface area contributed by atoms with Crippen LogP contribution in [0.25, 0.3) is 0 Å². The van der Waals surface area contributed by atoms with E-state index in [1.807, 2.05) is 0 Å². The van der Waals surface area contributed by atoms with Gasteiger partial charge >= 0.3 is 6.09 Å². The predicted molar refractivity (Wildman–Crippen MR) is 55.7 cm³/mol. The number of imide groups is 1. The molecule has 0 aliphatic carbocycles. The van der Waals surface area contributed by atoms with E-state index in [2.05, 4.69) is 15.0 Å². The summed E-state index contributed by atoms with van der Waals surface area (Å²) >= 11 is 0. The lowest BCUT2D eigenvalue weighted by Gasteiger charge is -2.09. The summed E-state index contributed by atoms with van der Waals surface area (Å²) in [7, 11) is 0. The van der Waals surface area contributed by atoms with Crippen LogP contribution >= 0.6 is 0 Å². The van der Waals surface area contributed by atoms with Crippen LogP contribution in [-0.2, 0) is 16.1 Å². The van der Waals surface area contributed by atoms with Gasteiger partial charge in [-0.3, -0.25) is 4.79 Å². The normalized spacial score (nSPS) is 17.1. The van der Waals surface area contributed by atoms with Gasteiger partial charge in [0, 0.05) is 6.04 Å². The van der Waals surface area contributed by atoms with E-state index in [0.29, 0.717) is 5.69 Å². The van der Waals surface area contributed by atoms with Gasteiger partial charge in [-0.1, -0.05) is 5.21 Å². The summed E-state index contributed by atoms with van der Waals surface area (Å²) < 4.78 is 6.02. The Morgan fingerprint density at radius 2 is 2.47 bits per heavy atom. The smallest absolute Gasteiger partial charge is 0.416 e. The van der Waals surface area contributed by atoms with Crippen molar-refractivity contribution in [1.29, 1.82) is 0 Å². The Balaban J connectivity index is 2.00. The summed E-state index contributed by atoms with van der Waals surface area (Å²) in [6.07, 6.45) is 0.979. The molecule has 0 radical (unpaired) electrons. The van der Waals surface area contributed by atoms with Crippen LogP contribution in [0, 0.1) is 0 Å². The third-order valence-corrected chi connectivity index (χ3v) is 2.38. The van der Waals surface area contributed by atoms with Crippen LogP contribution in [0.4, 0.5) is 4.79 Å². The first-order valence-corrected chi connectivity index (χ1v) is 5.20. The van der Waals surface area contributed by atoms with Gasteiger partial charge in [-0.15, -0.1) is 5.10 Å². The number of nitrogens with two attached hydrogens (primary N) is 1. The highest BCUT2D eigenvalue weighted by Gasteiger charge is 2.28. The first-order chi connectivity index (χ1) is 8.08. The van der Waals surface area contributed by atoms with E-state index in [4.69, 9.17) is 5.73 Å². The van der Waals surface area contributed by atoms with E-state index >= 15 is 0 Å². The number of cyclic esters (lactones) is 1. The lowest BCUT2D eigenvalue weighted by Crippen LogP contribution is -2.34. The molecule has 1 atom stereocenters. The van der Waals surface area contributed by atoms with Crippen molar-refractivity contribution < 1.29 is 14.3 Å². The van der Waals surface area contributed by atoms with Gasteiger partial charge in [0.15, 0.2) is 0 Å². The lowest BCUT2D eigenvalue weighted by molar-refractivity contribution is -0.128. The minimum atomic E-state index is -0.609. The third kappa shape index (κ3) is 2.41. The molecule has 92 valence electrons. The maximum Gasteiger partial charge on any atom is 0.416 e. The lowest BCUT2D eigenvalue weighted by atomic mass is 10.3. The average molecular weight is 239 g/mol. The van der Waals surface area contributed by atoms with Crippen LogP contribution in [-0.4, -0.2) is 45.0 Å². The van der Waals surface area contributed by atoms with Crippen molar-refractivity contribution in [2.24, 2.45) is 5.73 Å². The summed E-state index contributed by atoms with van der Waals surface area (Å²) in [6.45, 7) is 2.25. The molecule has 0 bridgehead atoms. The molecule has 1 saturated heterocycles. The van der Waals surface area contributed by atoms with Gasteiger partial charge in [0.2, 0.25) is 0 Å². The fourth-order valence-electron chi connectivity index (χ4n) is 1.44. The molecule has 8 nitrogen and oxygen atoms in total. The standard InChI is InChI=1S/C9H13N5O3/c1-6(10)7-4-13(12-11-7)5-8(15)14-2-3-17-9(14)16/h4,6H,2-3,5,10H2,1H3. The number of nitrogens with zero attached hydrogens (tertiary/aromatic N) is 4. The summed E-state index contributed by atoms with van der Waals surface area (Å²) in [5, 5.41) is 7.58. The van der Waals surface area contributed by atoms with E-state index in [9.17, 15) is 9.59 Å². The Bertz CT molecular complexity index is 442. The Kier molecular flexibility index (Phi) is 3.05. The van der Waals surface area contributed by atoms with Gasteiger partial charge in [-0.2, -0.15) is 0 Å². The maximum atomic E-state index is 11.7. The maximum absolute atomic E-state index is 11.7. The molecule has 1 unspecified atom stereocenters. The fourth-order valence-corrected chi connectivity index (χ4v) is 1.44. The third-order valence-electron chi connectivity index (χ3n) is 2.38. The number of hydrogen-bond donors (Lipinski definition) is 1. The SMILES string of the molecule is CC(N)c1cn(CC(=O)N2CCOC2=O)nn1. The highest BCUT2D eigenvalue weighted by molar-refractivity contribution is 5.92. The number of rotatable bonds is 3. The molecule has 2 rings (SSSR count). The minimum absolute atomic E-state index is 0.0468. The van der Waals surface area contributed by atoms with Crippen molar-refractivity contribution in [3.63, 3.8) is 0 Å². The Morgan fingerprint density at radius 1 is 1.71 bits per heavy atom. The van der Waals surface area contributed by atoms with Gasteiger partial charge in [-0.05, 0) is 6.92 Å². The minimum Gasteiger partial charge on any atom is -0.447 e. The number of ether oxygens (including phenoxy) is 1. The Hall–Kier alpha value is -1.96. The van der Waals surface area contributed by atoms with E-state index in [1.54, 1.807) is 13.1 Å². The van der Waals surface area contributed by atoms with Gasteiger partial charge in [0.05, 0.1) is 18.4 Å². The van der Waals surface area contributed by atoms with Crippen LogP contribution < -0.4 is 5.73 Å². The molecule has 8 heteroatoms. The molecule has 2 amide bonds. The van der Waals surface area contributed by atoms with E-state index in [1.165, 1.54) is 4.68 Å². The summed E-state index contributed by atoms with van der Waals surface area (Å²) in [5.41, 5.74) is 6.22. The molecule has 2 N–H and O–H groups in total. The van der Waals surface area contributed by atoms with Gasteiger partial charge in [0.1, 0.15) is 13.2 Å². The van der Waals surface area contributed by atoms with Gasteiger partial charge in [-0.25, -0.2) is 14.4 Å². The van der Waals surface area contributed by atoms with Gasteiger partial charge in [0.25, 0.3) is 5.91 Å². The summed E-state index contributed by atoms with van der Waals surface area (Å²) in [4.78, 5) is 23.9. The molecule has 1 fully saturated rings. The van der Waals surface area contributed by atoms with Crippen molar-refractivity contribution in [3.05, 3.63) is 11.9 Å². The quantitative estimate of drug-likeness (QED) is 0.746. The Labute approximate surface area is 97.3 Å². The second kappa shape index (κ2) is 4.50. The van der Waals surface area contributed by atoms with Crippen molar-refractivity contribution in [2.45, 2.75) is 19.5 Å². The zero-order valence-corrected chi connectivity index (χ0v) is 9.37. The van der Waals surface area contributed by atoms with Crippen molar-refractivity contribution in [3.8, 4) is 0 Å². The monoisotopic (exact) mass is 239 g/mol. The zero-order valence-electron chi connectivity index (χ0n) is 9.37.